The molecule has 9 nitrogen and oxygen atoms in total. The largest absolute Gasteiger partial charge is 0.497 e. The zero-order valence-corrected chi connectivity index (χ0v) is 17.9. The molecular weight excluding hydrogens is 412 g/mol. The molecule has 9 heteroatoms. The van der Waals surface area contributed by atoms with Gasteiger partial charge in [0.15, 0.2) is 5.76 Å². The number of piperazine rings is 1. The van der Waals surface area contributed by atoms with E-state index >= 15 is 0 Å². The number of furan rings is 1. The second kappa shape index (κ2) is 9.42. The number of nitrogens with zero attached hydrogens (tertiary/aromatic N) is 3. The summed E-state index contributed by atoms with van der Waals surface area (Å²) in [6, 6.07) is 12.0. The van der Waals surface area contributed by atoms with Crippen LogP contribution in [0.4, 0.5) is 11.5 Å². The number of carbonyl (C=O) groups is 2. The Hall–Kier alpha value is -4.01. The van der Waals surface area contributed by atoms with Crippen molar-refractivity contribution < 1.29 is 23.5 Å². The van der Waals surface area contributed by atoms with E-state index in [9.17, 15) is 9.59 Å². The summed E-state index contributed by atoms with van der Waals surface area (Å²) in [5.41, 5.74) is 0.970. The average Bonchev–Trinajstić information content (AvgIpc) is 3.39. The number of benzene rings is 1. The highest BCUT2D eigenvalue weighted by molar-refractivity contribution is 6.06. The Morgan fingerprint density at radius 3 is 2.47 bits per heavy atom. The molecule has 1 aromatic carbocycles. The number of hydrogen-bond donors (Lipinski definition) is 1. The first-order chi connectivity index (χ1) is 15.6. The summed E-state index contributed by atoms with van der Waals surface area (Å²) in [6.07, 6.45) is 3.11. The Labute approximate surface area is 185 Å². The van der Waals surface area contributed by atoms with E-state index in [1.807, 2.05) is 6.07 Å². The lowest BCUT2D eigenvalue weighted by atomic mass is 10.1. The number of hydrogen-bond acceptors (Lipinski definition) is 7. The third-order valence-corrected chi connectivity index (χ3v) is 5.28. The van der Waals surface area contributed by atoms with E-state index in [0.717, 1.165) is 5.82 Å². The van der Waals surface area contributed by atoms with Gasteiger partial charge in [0.1, 0.15) is 17.3 Å². The van der Waals surface area contributed by atoms with Gasteiger partial charge >= 0.3 is 0 Å². The first kappa shape index (κ1) is 21.2. The van der Waals surface area contributed by atoms with Crippen molar-refractivity contribution >= 4 is 23.3 Å². The Kier molecular flexibility index (Phi) is 6.25. The van der Waals surface area contributed by atoms with Crippen LogP contribution in [0.25, 0.3) is 0 Å². The van der Waals surface area contributed by atoms with Gasteiger partial charge in [-0.05, 0) is 36.4 Å². The van der Waals surface area contributed by atoms with Crippen molar-refractivity contribution in [2.45, 2.75) is 0 Å². The molecule has 1 N–H and O–H groups in total. The molecule has 1 saturated heterocycles. The minimum atomic E-state index is -0.302. The normalized spacial score (nSPS) is 13.6. The van der Waals surface area contributed by atoms with E-state index in [4.69, 9.17) is 13.9 Å². The van der Waals surface area contributed by atoms with Crippen LogP contribution in [0.2, 0.25) is 0 Å². The highest BCUT2D eigenvalue weighted by Gasteiger charge is 2.24. The van der Waals surface area contributed by atoms with Crippen molar-refractivity contribution in [1.82, 2.24) is 9.88 Å². The topological polar surface area (TPSA) is 97.1 Å². The average molecular weight is 436 g/mol. The van der Waals surface area contributed by atoms with Crippen LogP contribution in [0.5, 0.6) is 11.5 Å². The molecule has 1 aliphatic rings. The molecular formula is C23H24N4O5. The van der Waals surface area contributed by atoms with E-state index in [1.165, 1.54) is 13.4 Å². The maximum absolute atomic E-state index is 12.7. The van der Waals surface area contributed by atoms with Crippen molar-refractivity contribution in [2.24, 2.45) is 0 Å². The second-order valence-electron chi connectivity index (χ2n) is 7.18. The van der Waals surface area contributed by atoms with Gasteiger partial charge in [-0.3, -0.25) is 9.59 Å². The fourth-order valence-electron chi connectivity index (χ4n) is 3.53. The van der Waals surface area contributed by atoms with Gasteiger partial charge in [-0.1, -0.05) is 0 Å². The van der Waals surface area contributed by atoms with Gasteiger partial charge < -0.3 is 29.0 Å². The molecule has 0 unspecified atom stereocenters. The summed E-state index contributed by atoms with van der Waals surface area (Å²) < 4.78 is 15.7. The molecule has 4 rings (SSSR count). The zero-order chi connectivity index (χ0) is 22.5. The molecule has 2 amide bonds. The molecule has 1 fully saturated rings. The predicted molar refractivity (Wildman–Crippen MR) is 119 cm³/mol. The van der Waals surface area contributed by atoms with Crippen molar-refractivity contribution in [3.8, 4) is 11.5 Å². The summed E-state index contributed by atoms with van der Waals surface area (Å²) in [6.45, 7) is 2.48. The van der Waals surface area contributed by atoms with Crippen LogP contribution in [0, 0.1) is 0 Å². The van der Waals surface area contributed by atoms with Gasteiger partial charge in [0.2, 0.25) is 0 Å². The number of anilines is 2. The highest BCUT2D eigenvalue weighted by atomic mass is 16.5. The van der Waals surface area contributed by atoms with E-state index in [0.29, 0.717) is 54.7 Å². The summed E-state index contributed by atoms with van der Waals surface area (Å²) in [5, 5.41) is 2.83. The molecule has 3 aromatic rings. The molecule has 3 heterocycles. The first-order valence-electron chi connectivity index (χ1n) is 10.2. The minimum absolute atomic E-state index is 0.102. The minimum Gasteiger partial charge on any atom is -0.497 e. The van der Waals surface area contributed by atoms with Crippen molar-refractivity contribution in [3.63, 3.8) is 0 Å². The fourth-order valence-corrected chi connectivity index (χ4v) is 3.53. The lowest BCUT2D eigenvalue weighted by molar-refractivity contribution is 0.0714. The molecule has 2 aromatic heterocycles. The number of aromatic nitrogens is 1. The first-order valence-corrected chi connectivity index (χ1v) is 10.2. The quantitative estimate of drug-likeness (QED) is 0.635. The molecule has 0 aliphatic carbocycles. The van der Waals surface area contributed by atoms with Crippen LogP contribution in [0.3, 0.4) is 0 Å². The van der Waals surface area contributed by atoms with Gasteiger partial charge in [0, 0.05) is 32.2 Å². The van der Waals surface area contributed by atoms with Gasteiger partial charge in [-0.2, -0.15) is 0 Å². The van der Waals surface area contributed by atoms with Crippen molar-refractivity contribution in [2.75, 3.05) is 50.6 Å². The molecule has 0 radical (unpaired) electrons. The maximum Gasteiger partial charge on any atom is 0.289 e. The van der Waals surface area contributed by atoms with Crippen molar-refractivity contribution in [1.29, 1.82) is 0 Å². The standard InChI is InChI=1S/C23H24N4O5/c1-30-17-6-7-18(20(14-17)31-2)22(28)25-16-5-8-21(24-15-16)26-9-11-27(12-10-26)23(29)19-4-3-13-32-19/h3-8,13-15H,9-12H2,1-2H3,(H,25,28). The van der Waals surface area contributed by atoms with E-state index < -0.39 is 0 Å². The van der Waals surface area contributed by atoms with E-state index in [2.05, 4.69) is 15.2 Å². The van der Waals surface area contributed by atoms with Crippen LogP contribution >= 0.6 is 0 Å². The maximum atomic E-state index is 12.7. The summed E-state index contributed by atoms with van der Waals surface area (Å²) in [4.78, 5) is 33.4. The lowest BCUT2D eigenvalue weighted by Gasteiger charge is -2.35. The smallest absolute Gasteiger partial charge is 0.289 e. The van der Waals surface area contributed by atoms with Crippen LogP contribution < -0.4 is 19.7 Å². The SMILES string of the molecule is COc1ccc(C(=O)Nc2ccc(N3CCN(C(=O)c4ccco4)CC3)nc2)c(OC)c1. The Balaban J connectivity index is 1.36. The number of methoxy groups -OCH3 is 2. The van der Waals surface area contributed by atoms with Crippen molar-refractivity contribution in [3.05, 3.63) is 66.2 Å². The number of rotatable bonds is 6. The van der Waals surface area contributed by atoms with Crippen LogP contribution in [-0.4, -0.2) is 62.1 Å². The van der Waals surface area contributed by atoms with Gasteiger partial charge in [0.25, 0.3) is 11.8 Å². The monoisotopic (exact) mass is 436 g/mol. The predicted octanol–water partition coefficient (Wildman–Crippen LogP) is 2.91. The Bertz CT molecular complexity index is 1070. The molecule has 0 bridgehead atoms. The summed E-state index contributed by atoms with van der Waals surface area (Å²) in [7, 11) is 3.06. The lowest BCUT2D eigenvalue weighted by Crippen LogP contribution is -2.49. The molecule has 0 spiro atoms. The molecule has 1 aliphatic heterocycles. The van der Waals surface area contributed by atoms with Crippen LogP contribution in [-0.2, 0) is 0 Å². The molecule has 0 atom stereocenters. The zero-order valence-electron chi connectivity index (χ0n) is 17.9. The van der Waals surface area contributed by atoms with Crippen LogP contribution in [0.15, 0.2) is 59.3 Å². The number of amides is 2. The number of nitrogens with one attached hydrogen (secondary N) is 1. The van der Waals surface area contributed by atoms with Crippen LogP contribution in [0.1, 0.15) is 20.9 Å². The molecule has 0 saturated carbocycles. The van der Waals surface area contributed by atoms with Gasteiger partial charge in [-0.25, -0.2) is 4.98 Å². The Morgan fingerprint density at radius 1 is 1.03 bits per heavy atom. The third kappa shape index (κ3) is 4.51. The van der Waals surface area contributed by atoms with Gasteiger partial charge in [0.05, 0.1) is 37.9 Å². The molecule has 166 valence electrons. The summed E-state index contributed by atoms with van der Waals surface area (Å²) in [5.74, 6) is 1.77. The Morgan fingerprint density at radius 2 is 1.84 bits per heavy atom. The van der Waals surface area contributed by atoms with E-state index in [-0.39, 0.29) is 11.8 Å². The van der Waals surface area contributed by atoms with Gasteiger partial charge in [-0.15, -0.1) is 0 Å². The summed E-state index contributed by atoms with van der Waals surface area (Å²) >= 11 is 0. The number of carbonyl (C=O) groups excluding carboxylic acids is 2. The number of pyridine rings is 1. The number of ether oxygens (including phenoxy) is 2. The fraction of sp³-hybridized carbons (Fsp3) is 0.261. The van der Waals surface area contributed by atoms with E-state index in [1.54, 1.807) is 54.6 Å². The highest BCUT2D eigenvalue weighted by Crippen LogP contribution is 2.25. The molecule has 32 heavy (non-hydrogen) atoms. The second-order valence-corrected chi connectivity index (χ2v) is 7.18. The third-order valence-electron chi connectivity index (χ3n) is 5.28.